The maximum absolute atomic E-state index is 14.2. The van der Waals surface area contributed by atoms with Gasteiger partial charge in [-0.2, -0.15) is 0 Å². The second-order valence-electron chi connectivity index (χ2n) is 5.85. The second-order valence-corrected chi connectivity index (χ2v) is 5.85. The standard InChI is InChI=1S/C19H20F4O/c20-7-3-1-2-4-13-5-6-17(18(23)10-13)19(24)11-14-8-15(21)12-16(22)9-14/h5-6,8-10,12,19,24H,1-4,7,11H2. The minimum absolute atomic E-state index is 0.0819. The van der Waals surface area contributed by atoms with Crippen LogP contribution in [0.2, 0.25) is 0 Å². The number of aliphatic hydroxyl groups excluding tert-OH is 1. The van der Waals surface area contributed by atoms with Crippen molar-refractivity contribution in [2.75, 3.05) is 6.67 Å². The lowest BCUT2D eigenvalue weighted by molar-refractivity contribution is 0.173. The molecule has 130 valence electrons. The molecule has 24 heavy (non-hydrogen) atoms. The highest BCUT2D eigenvalue weighted by Crippen LogP contribution is 2.23. The maximum Gasteiger partial charge on any atom is 0.129 e. The van der Waals surface area contributed by atoms with Crippen LogP contribution in [-0.4, -0.2) is 11.8 Å². The molecular weight excluding hydrogens is 320 g/mol. The van der Waals surface area contributed by atoms with Crippen molar-refractivity contribution in [3.05, 3.63) is 70.5 Å². The van der Waals surface area contributed by atoms with Crippen LogP contribution in [0, 0.1) is 17.5 Å². The molecule has 0 saturated carbocycles. The number of halogens is 4. The molecule has 5 heteroatoms. The van der Waals surface area contributed by atoms with Gasteiger partial charge in [-0.15, -0.1) is 0 Å². The molecule has 0 spiro atoms. The Hall–Kier alpha value is -1.88. The highest BCUT2D eigenvalue weighted by atomic mass is 19.1. The van der Waals surface area contributed by atoms with Crippen LogP contribution in [-0.2, 0) is 12.8 Å². The van der Waals surface area contributed by atoms with Crippen LogP contribution in [0.25, 0.3) is 0 Å². The number of rotatable bonds is 8. The van der Waals surface area contributed by atoms with E-state index < -0.39 is 23.6 Å². The molecule has 2 rings (SSSR count). The van der Waals surface area contributed by atoms with E-state index in [9.17, 15) is 22.7 Å². The van der Waals surface area contributed by atoms with E-state index in [4.69, 9.17) is 0 Å². The summed E-state index contributed by atoms with van der Waals surface area (Å²) in [6.45, 7) is -0.347. The highest BCUT2D eigenvalue weighted by Gasteiger charge is 2.15. The molecule has 0 bridgehead atoms. The third-order valence-electron chi connectivity index (χ3n) is 3.87. The third-order valence-corrected chi connectivity index (χ3v) is 3.87. The first-order valence-corrected chi connectivity index (χ1v) is 7.97. The zero-order valence-electron chi connectivity index (χ0n) is 13.2. The normalized spacial score (nSPS) is 12.4. The van der Waals surface area contributed by atoms with Gasteiger partial charge in [-0.05, 0) is 48.6 Å². The number of unbranched alkanes of at least 4 members (excludes halogenated alkanes) is 2. The van der Waals surface area contributed by atoms with E-state index in [-0.39, 0.29) is 24.2 Å². The van der Waals surface area contributed by atoms with Crippen LogP contribution in [0.5, 0.6) is 0 Å². The van der Waals surface area contributed by atoms with Gasteiger partial charge >= 0.3 is 0 Å². The van der Waals surface area contributed by atoms with Crippen molar-refractivity contribution in [2.24, 2.45) is 0 Å². The lowest BCUT2D eigenvalue weighted by Crippen LogP contribution is -2.06. The molecule has 0 aromatic heterocycles. The molecular formula is C19H20F4O. The zero-order valence-corrected chi connectivity index (χ0v) is 13.2. The molecule has 0 amide bonds. The second kappa shape index (κ2) is 8.83. The average molecular weight is 340 g/mol. The van der Waals surface area contributed by atoms with Crippen molar-refractivity contribution in [3.63, 3.8) is 0 Å². The van der Waals surface area contributed by atoms with Gasteiger partial charge in [-0.1, -0.05) is 18.6 Å². The van der Waals surface area contributed by atoms with Crippen LogP contribution in [0.3, 0.4) is 0 Å². The van der Waals surface area contributed by atoms with E-state index in [2.05, 4.69) is 0 Å². The first-order chi connectivity index (χ1) is 11.5. The van der Waals surface area contributed by atoms with Crippen molar-refractivity contribution in [1.29, 1.82) is 0 Å². The van der Waals surface area contributed by atoms with Crippen molar-refractivity contribution in [1.82, 2.24) is 0 Å². The summed E-state index contributed by atoms with van der Waals surface area (Å²) in [6.07, 6.45) is 1.39. The summed E-state index contributed by atoms with van der Waals surface area (Å²) in [4.78, 5) is 0. The molecule has 1 unspecified atom stereocenters. The Bertz CT molecular complexity index is 652. The first kappa shape index (κ1) is 18.5. The average Bonchev–Trinajstić information content (AvgIpc) is 2.50. The molecule has 0 radical (unpaired) electrons. The smallest absolute Gasteiger partial charge is 0.129 e. The topological polar surface area (TPSA) is 20.2 Å². The summed E-state index contributed by atoms with van der Waals surface area (Å²) in [5, 5.41) is 10.1. The molecule has 0 aliphatic heterocycles. The number of hydrogen-bond donors (Lipinski definition) is 1. The Kier molecular flexibility index (Phi) is 6.79. The zero-order chi connectivity index (χ0) is 17.5. The Balaban J connectivity index is 2.02. The Morgan fingerprint density at radius 2 is 1.54 bits per heavy atom. The molecule has 0 saturated heterocycles. The number of aryl methyl sites for hydroxylation is 1. The first-order valence-electron chi connectivity index (χ1n) is 7.97. The summed E-state index contributed by atoms with van der Waals surface area (Å²) in [5.41, 5.74) is 1.13. The van der Waals surface area contributed by atoms with Crippen molar-refractivity contribution < 1.29 is 22.7 Å². The van der Waals surface area contributed by atoms with Gasteiger partial charge in [0, 0.05) is 18.1 Å². The lowest BCUT2D eigenvalue weighted by atomic mass is 9.98. The highest BCUT2D eigenvalue weighted by molar-refractivity contribution is 5.28. The summed E-state index contributed by atoms with van der Waals surface area (Å²) in [5.74, 6) is -2.02. The molecule has 0 heterocycles. The molecule has 0 aliphatic carbocycles. The molecule has 2 aromatic rings. The van der Waals surface area contributed by atoms with Gasteiger partial charge in [0.05, 0.1) is 12.8 Å². The van der Waals surface area contributed by atoms with Crippen LogP contribution >= 0.6 is 0 Å². The SMILES string of the molecule is OC(Cc1cc(F)cc(F)c1)c1ccc(CCCCCF)cc1F. The largest absolute Gasteiger partial charge is 0.388 e. The van der Waals surface area contributed by atoms with E-state index in [0.717, 1.165) is 36.6 Å². The predicted molar refractivity (Wildman–Crippen MR) is 85.0 cm³/mol. The van der Waals surface area contributed by atoms with Gasteiger partial charge in [-0.25, -0.2) is 13.2 Å². The summed E-state index contributed by atoms with van der Waals surface area (Å²) in [6, 6.07) is 7.52. The van der Waals surface area contributed by atoms with Crippen molar-refractivity contribution >= 4 is 0 Å². The third kappa shape index (κ3) is 5.34. The molecule has 1 atom stereocenters. The maximum atomic E-state index is 14.2. The Labute approximate surface area is 138 Å². The quantitative estimate of drug-likeness (QED) is 0.526. The fourth-order valence-electron chi connectivity index (χ4n) is 2.66. The monoisotopic (exact) mass is 340 g/mol. The number of alkyl halides is 1. The van der Waals surface area contributed by atoms with E-state index >= 15 is 0 Å². The minimum Gasteiger partial charge on any atom is -0.388 e. The summed E-state index contributed by atoms with van der Waals surface area (Å²) < 4.78 is 52.5. The lowest BCUT2D eigenvalue weighted by Gasteiger charge is -2.13. The van der Waals surface area contributed by atoms with Crippen molar-refractivity contribution in [3.8, 4) is 0 Å². The fourth-order valence-corrected chi connectivity index (χ4v) is 2.66. The molecule has 1 N–H and O–H groups in total. The Morgan fingerprint density at radius 3 is 2.17 bits per heavy atom. The van der Waals surface area contributed by atoms with E-state index in [1.807, 2.05) is 0 Å². The van der Waals surface area contributed by atoms with Gasteiger partial charge in [-0.3, -0.25) is 4.39 Å². The summed E-state index contributed by atoms with van der Waals surface area (Å²) >= 11 is 0. The van der Waals surface area contributed by atoms with Crippen LogP contribution < -0.4 is 0 Å². The van der Waals surface area contributed by atoms with E-state index in [1.54, 1.807) is 6.07 Å². The number of hydrogen-bond acceptors (Lipinski definition) is 1. The van der Waals surface area contributed by atoms with Gasteiger partial charge < -0.3 is 5.11 Å². The van der Waals surface area contributed by atoms with Crippen LogP contribution in [0.15, 0.2) is 36.4 Å². The van der Waals surface area contributed by atoms with Gasteiger partial charge in [0.25, 0.3) is 0 Å². The molecule has 0 fully saturated rings. The number of aliphatic hydroxyl groups is 1. The van der Waals surface area contributed by atoms with E-state index in [1.165, 1.54) is 12.1 Å². The number of benzene rings is 2. The molecule has 2 aromatic carbocycles. The van der Waals surface area contributed by atoms with Crippen LogP contribution in [0.4, 0.5) is 17.6 Å². The van der Waals surface area contributed by atoms with Gasteiger partial charge in [0.2, 0.25) is 0 Å². The predicted octanol–water partition coefficient (Wildman–Crippen LogP) is 5.06. The minimum atomic E-state index is -1.19. The molecule has 0 aliphatic rings. The fraction of sp³-hybridized carbons (Fsp3) is 0.368. The van der Waals surface area contributed by atoms with E-state index in [0.29, 0.717) is 12.8 Å². The van der Waals surface area contributed by atoms with Gasteiger partial charge in [0.1, 0.15) is 17.5 Å². The molecule has 1 nitrogen and oxygen atoms in total. The summed E-state index contributed by atoms with van der Waals surface area (Å²) in [7, 11) is 0. The van der Waals surface area contributed by atoms with Crippen LogP contribution in [0.1, 0.15) is 42.1 Å². The Morgan fingerprint density at radius 1 is 0.833 bits per heavy atom. The van der Waals surface area contributed by atoms with Crippen molar-refractivity contribution in [2.45, 2.75) is 38.2 Å². The van der Waals surface area contributed by atoms with Gasteiger partial charge in [0.15, 0.2) is 0 Å².